The van der Waals surface area contributed by atoms with Gasteiger partial charge in [0, 0.05) is 11.3 Å². The van der Waals surface area contributed by atoms with Crippen molar-refractivity contribution in [3.05, 3.63) is 23.8 Å². The van der Waals surface area contributed by atoms with Crippen molar-refractivity contribution in [1.82, 2.24) is 0 Å². The highest BCUT2D eigenvalue weighted by molar-refractivity contribution is 7.99. The molecule has 0 aliphatic carbocycles. The third-order valence-corrected chi connectivity index (χ3v) is 3.93. The summed E-state index contributed by atoms with van der Waals surface area (Å²) in [6.45, 7) is 10.7. The molecule has 16 heavy (non-hydrogen) atoms. The molecule has 1 rings (SSSR count). The van der Waals surface area contributed by atoms with E-state index >= 15 is 0 Å². The molecule has 0 spiro atoms. The predicted molar refractivity (Wildman–Crippen MR) is 70.8 cm³/mol. The topological polar surface area (TPSA) is 19.9 Å². The number of rotatable bonds is 3. The van der Waals surface area contributed by atoms with Crippen molar-refractivity contribution in [2.45, 2.75) is 45.4 Å². The van der Waals surface area contributed by atoms with E-state index in [2.05, 4.69) is 34.6 Å². The summed E-state index contributed by atoms with van der Waals surface area (Å²) in [5.74, 6) is 1.50. The van der Waals surface area contributed by atoms with Gasteiger partial charge in [0.1, 0.15) is 0 Å². The lowest BCUT2D eigenvalue weighted by atomic mass is 10.0. The lowest BCUT2D eigenvalue weighted by molar-refractivity contribution is 0.337. The summed E-state index contributed by atoms with van der Waals surface area (Å²) in [5, 5.41) is 12.1. The minimum Gasteiger partial charge on any atom is -0.288 e. The van der Waals surface area contributed by atoms with E-state index < -0.39 is 0 Å². The van der Waals surface area contributed by atoms with E-state index in [1.165, 1.54) is 0 Å². The lowest BCUT2D eigenvalue weighted by Gasteiger charge is -2.18. The van der Waals surface area contributed by atoms with Gasteiger partial charge < -0.3 is 0 Å². The number of para-hydroxylation sites is 1. The van der Waals surface area contributed by atoms with Gasteiger partial charge in [-0.1, -0.05) is 46.8 Å². The van der Waals surface area contributed by atoms with Crippen molar-refractivity contribution in [2.75, 3.05) is 5.75 Å². The maximum atomic E-state index is 12.1. The van der Waals surface area contributed by atoms with Gasteiger partial charge in [-0.3, -0.25) is 5.11 Å². The van der Waals surface area contributed by atoms with E-state index in [1.807, 2.05) is 18.2 Å². The largest absolute Gasteiger partial charge is 0.288 e. The van der Waals surface area contributed by atoms with Crippen LogP contribution in [0, 0.1) is 5.41 Å². The van der Waals surface area contributed by atoms with E-state index in [4.69, 9.17) is 0 Å². The Bertz CT molecular complexity index is 350. The Morgan fingerprint density at radius 1 is 1.25 bits per heavy atom. The third kappa shape index (κ3) is 3.75. The molecule has 0 amide bonds. The maximum Gasteiger partial charge on any atom is 0.195 e. The molecule has 0 aliphatic heterocycles. The van der Waals surface area contributed by atoms with Crippen LogP contribution in [0.25, 0.3) is 0 Å². The Kier molecular flexibility index (Phi) is 4.31. The normalized spacial score (nSPS) is 12.1. The van der Waals surface area contributed by atoms with Crippen LogP contribution < -0.4 is 0 Å². The second-order valence-corrected chi connectivity index (χ2v) is 6.70. The monoisotopic (exact) mass is 237 g/mol. The van der Waals surface area contributed by atoms with Crippen molar-refractivity contribution in [3.63, 3.8) is 0 Å². The Balaban J connectivity index is 2.85. The molecule has 0 aromatic heterocycles. The summed E-state index contributed by atoms with van der Waals surface area (Å²) in [6, 6.07) is 5.86. The van der Waals surface area contributed by atoms with Crippen LogP contribution in [0.2, 0.25) is 0 Å². The molecule has 0 atom stereocenters. The van der Waals surface area contributed by atoms with Crippen LogP contribution >= 0.6 is 11.8 Å². The fourth-order valence-corrected chi connectivity index (χ4v) is 2.41. The Labute approximate surface area is 103 Å². The van der Waals surface area contributed by atoms with Crippen molar-refractivity contribution >= 4 is 11.8 Å². The molecule has 0 saturated carbocycles. The molecule has 1 nitrogen and oxygen atoms in total. The van der Waals surface area contributed by atoms with Gasteiger partial charge in [-0.2, -0.15) is 0 Å². The van der Waals surface area contributed by atoms with Crippen LogP contribution in [0.5, 0.6) is 5.75 Å². The molecule has 1 aromatic carbocycles. The summed E-state index contributed by atoms with van der Waals surface area (Å²) >= 11 is 1.67. The van der Waals surface area contributed by atoms with E-state index in [-0.39, 0.29) is 11.2 Å². The van der Waals surface area contributed by atoms with Crippen LogP contribution in [-0.4, -0.2) is 5.75 Å². The van der Waals surface area contributed by atoms with Crippen molar-refractivity contribution in [1.29, 1.82) is 0 Å². The first-order valence-corrected chi connectivity index (χ1v) is 6.72. The quantitative estimate of drug-likeness (QED) is 0.670. The zero-order valence-electron chi connectivity index (χ0n) is 10.8. The zero-order valence-corrected chi connectivity index (χ0v) is 11.6. The highest BCUT2D eigenvalue weighted by Crippen LogP contribution is 2.37. The van der Waals surface area contributed by atoms with Crippen LogP contribution in [0.4, 0.5) is 0 Å². The summed E-state index contributed by atoms with van der Waals surface area (Å²) in [5.41, 5.74) is 1.18. The van der Waals surface area contributed by atoms with E-state index in [9.17, 15) is 5.11 Å². The van der Waals surface area contributed by atoms with Gasteiger partial charge in [0.25, 0.3) is 0 Å². The van der Waals surface area contributed by atoms with Crippen molar-refractivity contribution in [3.8, 4) is 5.75 Å². The molecule has 0 bridgehead atoms. The molecule has 0 aliphatic rings. The molecule has 0 heterocycles. The lowest BCUT2D eigenvalue weighted by Crippen LogP contribution is -2.08. The predicted octanol–water partition coefficient (Wildman–Crippen LogP) is 5.09. The van der Waals surface area contributed by atoms with E-state index in [0.29, 0.717) is 5.92 Å². The fraction of sp³-hybridized carbons (Fsp3) is 0.571. The van der Waals surface area contributed by atoms with Crippen LogP contribution in [0.15, 0.2) is 23.1 Å². The number of hydrogen-bond acceptors (Lipinski definition) is 1. The molecule has 0 unspecified atom stereocenters. The highest BCUT2D eigenvalue weighted by atomic mass is 32.2. The number of thioether (sulfide) groups is 1. The average Bonchev–Trinajstić information content (AvgIpc) is 2.14. The molecule has 0 saturated heterocycles. The zero-order chi connectivity index (χ0) is 12.3. The average molecular weight is 237 g/mol. The molecular formula is C14H21OS. The van der Waals surface area contributed by atoms with Crippen molar-refractivity contribution < 1.29 is 5.11 Å². The minimum atomic E-state index is 0.215. The highest BCUT2D eigenvalue weighted by Gasteiger charge is 2.16. The molecule has 89 valence electrons. The van der Waals surface area contributed by atoms with Crippen LogP contribution in [0.3, 0.4) is 0 Å². The fourth-order valence-electron chi connectivity index (χ4n) is 1.40. The standard InChI is InChI=1S/C14H21OS/c1-10(2)11-7-6-8-12(13(11)15)16-9-14(3,4)5/h6-8,10H,9H2,1-5H3. The first-order valence-electron chi connectivity index (χ1n) is 5.74. The third-order valence-electron chi connectivity index (χ3n) is 2.29. The van der Waals surface area contributed by atoms with E-state index in [0.717, 1.165) is 16.2 Å². The molecule has 1 aromatic rings. The SMILES string of the molecule is CC(C)c1cccc(SCC(C)(C)C)c1[O]. The van der Waals surface area contributed by atoms with Gasteiger partial charge in [0.2, 0.25) is 0 Å². The smallest absolute Gasteiger partial charge is 0.195 e. The summed E-state index contributed by atoms with van der Waals surface area (Å²) < 4.78 is 0. The first kappa shape index (κ1) is 13.4. The molecule has 0 fully saturated rings. The van der Waals surface area contributed by atoms with E-state index in [1.54, 1.807) is 11.8 Å². The first-order chi connectivity index (χ1) is 7.31. The second kappa shape index (κ2) is 5.13. The summed E-state index contributed by atoms with van der Waals surface area (Å²) in [4.78, 5) is 0.890. The summed E-state index contributed by atoms with van der Waals surface area (Å²) in [6.07, 6.45) is 0. The van der Waals surface area contributed by atoms with Crippen molar-refractivity contribution in [2.24, 2.45) is 5.41 Å². The second-order valence-electron chi connectivity index (χ2n) is 5.68. The molecule has 2 heteroatoms. The van der Waals surface area contributed by atoms with Crippen LogP contribution in [-0.2, 0) is 5.11 Å². The molecular weight excluding hydrogens is 216 g/mol. The Morgan fingerprint density at radius 3 is 2.38 bits per heavy atom. The van der Waals surface area contributed by atoms with Gasteiger partial charge in [-0.05, 0) is 17.4 Å². The van der Waals surface area contributed by atoms with Gasteiger partial charge in [0.05, 0.1) is 4.90 Å². The van der Waals surface area contributed by atoms with Gasteiger partial charge in [-0.25, -0.2) is 0 Å². The number of benzene rings is 1. The minimum absolute atomic E-state index is 0.215. The number of hydrogen-bond donors (Lipinski definition) is 0. The van der Waals surface area contributed by atoms with Gasteiger partial charge in [-0.15, -0.1) is 11.8 Å². The van der Waals surface area contributed by atoms with Gasteiger partial charge >= 0.3 is 0 Å². The van der Waals surface area contributed by atoms with Crippen LogP contribution in [0.1, 0.15) is 46.1 Å². The Morgan fingerprint density at radius 2 is 1.88 bits per heavy atom. The van der Waals surface area contributed by atoms with Gasteiger partial charge in [0.15, 0.2) is 5.75 Å². The molecule has 1 radical (unpaired) electrons. The summed E-state index contributed by atoms with van der Waals surface area (Å²) in [7, 11) is 0. The molecule has 0 N–H and O–H groups in total. The Hall–Kier alpha value is -0.630. The maximum absolute atomic E-state index is 12.1.